The lowest BCUT2D eigenvalue weighted by molar-refractivity contribution is 0.305. The first-order valence-corrected chi connectivity index (χ1v) is 13.7. The highest BCUT2D eigenvalue weighted by molar-refractivity contribution is 5.53. The maximum absolute atomic E-state index is 13.8. The smallest absolute Gasteiger partial charge is 0.123 e. The second kappa shape index (κ2) is 10.9. The van der Waals surface area contributed by atoms with Crippen molar-refractivity contribution in [3.63, 3.8) is 0 Å². The zero-order valence-corrected chi connectivity index (χ0v) is 21.8. The summed E-state index contributed by atoms with van der Waals surface area (Å²) in [7, 11) is 0. The minimum Gasteiger partial charge on any atom is -0.489 e. The normalized spacial score (nSPS) is 19.2. The molecule has 6 rings (SSSR count). The van der Waals surface area contributed by atoms with E-state index in [4.69, 9.17) is 4.74 Å². The Bertz CT molecular complexity index is 1380. The Morgan fingerprint density at radius 2 is 1.50 bits per heavy atom. The number of hydrogen-bond acceptors (Lipinski definition) is 2. The molecule has 1 aliphatic carbocycles. The van der Waals surface area contributed by atoms with E-state index in [-0.39, 0.29) is 11.7 Å². The van der Waals surface area contributed by atoms with Crippen molar-refractivity contribution < 1.29 is 9.13 Å². The topological polar surface area (TPSA) is 12.5 Å². The fraction of sp³-hybridized carbons (Fsp3) is 0.257. The molecule has 1 aliphatic heterocycles. The van der Waals surface area contributed by atoms with Crippen molar-refractivity contribution in [2.45, 2.75) is 44.1 Å². The number of nitrogens with zero attached hydrogens (tertiary/aromatic N) is 1. The quantitative estimate of drug-likeness (QED) is 0.245. The molecule has 0 N–H and O–H groups in total. The van der Waals surface area contributed by atoms with E-state index in [9.17, 15) is 4.39 Å². The number of ether oxygens (including phenoxy) is 1. The number of hydrogen-bond donors (Lipinski definition) is 0. The van der Waals surface area contributed by atoms with E-state index >= 15 is 0 Å². The molecule has 2 unspecified atom stereocenters. The van der Waals surface area contributed by atoms with Crippen molar-refractivity contribution in [3.8, 4) is 5.75 Å². The predicted octanol–water partition coefficient (Wildman–Crippen LogP) is 8.42. The summed E-state index contributed by atoms with van der Waals surface area (Å²) >= 11 is 0. The summed E-state index contributed by atoms with van der Waals surface area (Å²) in [6.45, 7) is 6.79. The minimum absolute atomic E-state index is 0.185. The first-order chi connectivity index (χ1) is 18.6. The molecular formula is C35H34FNO. The van der Waals surface area contributed by atoms with E-state index in [0.29, 0.717) is 12.5 Å². The fourth-order valence-electron chi connectivity index (χ4n) is 6.08. The Balaban J connectivity index is 1.30. The fourth-order valence-corrected chi connectivity index (χ4v) is 6.08. The van der Waals surface area contributed by atoms with E-state index < -0.39 is 0 Å². The molecule has 0 aromatic heterocycles. The molecule has 2 atom stereocenters. The van der Waals surface area contributed by atoms with Crippen LogP contribution in [0, 0.1) is 5.82 Å². The van der Waals surface area contributed by atoms with Gasteiger partial charge in [-0.25, -0.2) is 4.39 Å². The van der Waals surface area contributed by atoms with Crippen LogP contribution in [-0.4, -0.2) is 13.1 Å². The van der Waals surface area contributed by atoms with E-state index in [0.717, 1.165) is 50.1 Å². The van der Waals surface area contributed by atoms with Crippen LogP contribution >= 0.6 is 0 Å². The van der Waals surface area contributed by atoms with Gasteiger partial charge in [-0.05, 0) is 95.8 Å². The summed E-state index contributed by atoms with van der Waals surface area (Å²) in [6.07, 6.45) is 4.13. The van der Waals surface area contributed by atoms with E-state index in [1.165, 1.54) is 33.5 Å². The molecule has 0 spiro atoms. The lowest BCUT2D eigenvalue weighted by Crippen LogP contribution is -2.30. The van der Waals surface area contributed by atoms with Gasteiger partial charge in [0.15, 0.2) is 0 Å². The molecule has 2 aliphatic rings. The number of piperidine rings is 1. The molecule has 0 bridgehead atoms. The molecule has 0 amide bonds. The second-order valence-corrected chi connectivity index (χ2v) is 10.6. The standard InChI is InChI=1S/C35H34FNO/c1-25-19-21-37(22-20-25)31-14-9-28(10-15-31)35-33(27-7-12-30(36)13-8-27)17-11-29-23-32(16-18-34(29)35)38-24-26-5-3-2-4-6-26/h2-10,12-16,18,23,33,35H,1,11,17,19-22,24H2. The van der Waals surface area contributed by atoms with Gasteiger partial charge in [-0.2, -0.15) is 0 Å². The minimum atomic E-state index is -0.185. The maximum atomic E-state index is 13.8. The third-order valence-electron chi connectivity index (χ3n) is 8.21. The van der Waals surface area contributed by atoms with E-state index in [1.54, 1.807) is 12.1 Å². The molecule has 4 aromatic carbocycles. The van der Waals surface area contributed by atoms with Crippen LogP contribution in [0.1, 0.15) is 58.9 Å². The summed E-state index contributed by atoms with van der Waals surface area (Å²) in [4.78, 5) is 2.46. The van der Waals surface area contributed by atoms with Gasteiger partial charge in [-0.3, -0.25) is 0 Å². The molecule has 0 saturated carbocycles. The Morgan fingerprint density at radius 1 is 0.789 bits per heavy atom. The van der Waals surface area contributed by atoms with Crippen molar-refractivity contribution in [3.05, 3.63) is 143 Å². The van der Waals surface area contributed by atoms with Crippen LogP contribution in [0.2, 0.25) is 0 Å². The van der Waals surface area contributed by atoms with Crippen molar-refractivity contribution in [2.75, 3.05) is 18.0 Å². The molecular weight excluding hydrogens is 469 g/mol. The molecule has 3 heteroatoms. The van der Waals surface area contributed by atoms with Crippen LogP contribution in [0.5, 0.6) is 5.75 Å². The average molecular weight is 504 g/mol. The van der Waals surface area contributed by atoms with Crippen LogP contribution in [0.3, 0.4) is 0 Å². The summed E-state index contributed by atoms with van der Waals surface area (Å²) in [6, 6.07) is 33.1. The van der Waals surface area contributed by atoms with Crippen LogP contribution in [0.4, 0.5) is 10.1 Å². The highest BCUT2D eigenvalue weighted by atomic mass is 19.1. The zero-order valence-electron chi connectivity index (χ0n) is 21.8. The molecule has 2 nitrogen and oxygen atoms in total. The Labute approximate surface area is 225 Å². The SMILES string of the molecule is C=C1CCN(c2ccc(C3c4ccc(OCc5ccccc5)cc4CCC3c3ccc(F)cc3)cc2)CC1. The van der Waals surface area contributed by atoms with E-state index in [2.05, 4.69) is 66.1 Å². The maximum Gasteiger partial charge on any atom is 0.123 e. The number of aryl methyl sites for hydroxylation is 1. The number of anilines is 1. The molecule has 38 heavy (non-hydrogen) atoms. The Morgan fingerprint density at radius 3 is 2.24 bits per heavy atom. The van der Waals surface area contributed by atoms with Gasteiger partial charge >= 0.3 is 0 Å². The number of rotatable bonds is 6. The van der Waals surface area contributed by atoms with Gasteiger partial charge in [0.25, 0.3) is 0 Å². The predicted molar refractivity (Wildman–Crippen MR) is 154 cm³/mol. The Hall–Kier alpha value is -3.85. The average Bonchev–Trinajstić information content (AvgIpc) is 2.97. The van der Waals surface area contributed by atoms with Crippen molar-refractivity contribution in [1.82, 2.24) is 0 Å². The van der Waals surface area contributed by atoms with Crippen LogP contribution < -0.4 is 9.64 Å². The van der Waals surface area contributed by atoms with Crippen molar-refractivity contribution in [1.29, 1.82) is 0 Å². The van der Waals surface area contributed by atoms with Crippen molar-refractivity contribution >= 4 is 5.69 Å². The van der Waals surface area contributed by atoms with Crippen LogP contribution in [0.25, 0.3) is 0 Å². The molecule has 192 valence electrons. The molecule has 1 fully saturated rings. The third-order valence-corrected chi connectivity index (χ3v) is 8.21. The summed E-state index contributed by atoms with van der Waals surface area (Å²) < 4.78 is 19.9. The van der Waals surface area contributed by atoms with Crippen LogP contribution in [-0.2, 0) is 13.0 Å². The van der Waals surface area contributed by atoms with Gasteiger partial charge in [0.05, 0.1) is 0 Å². The molecule has 1 heterocycles. The first-order valence-electron chi connectivity index (χ1n) is 13.7. The monoisotopic (exact) mass is 503 g/mol. The largest absolute Gasteiger partial charge is 0.489 e. The second-order valence-electron chi connectivity index (χ2n) is 10.6. The first kappa shape index (κ1) is 24.5. The molecule has 0 radical (unpaired) electrons. The summed E-state index contributed by atoms with van der Waals surface area (Å²) in [5.41, 5.74) is 8.99. The highest BCUT2D eigenvalue weighted by Gasteiger charge is 2.32. The number of fused-ring (bicyclic) bond motifs is 1. The van der Waals surface area contributed by atoms with Gasteiger partial charge in [-0.1, -0.05) is 72.8 Å². The van der Waals surface area contributed by atoms with Gasteiger partial charge in [-0.15, -0.1) is 0 Å². The van der Waals surface area contributed by atoms with Gasteiger partial charge < -0.3 is 9.64 Å². The third kappa shape index (κ3) is 5.24. The van der Waals surface area contributed by atoms with Gasteiger partial charge in [0.2, 0.25) is 0 Å². The van der Waals surface area contributed by atoms with E-state index in [1.807, 2.05) is 30.3 Å². The lowest BCUT2D eigenvalue weighted by atomic mass is 9.69. The Kier molecular flexibility index (Phi) is 7.00. The zero-order chi connectivity index (χ0) is 25.9. The highest BCUT2D eigenvalue weighted by Crippen LogP contribution is 2.47. The summed E-state index contributed by atoms with van der Waals surface area (Å²) in [5, 5.41) is 0. The number of halogens is 1. The lowest BCUT2D eigenvalue weighted by Gasteiger charge is -2.35. The van der Waals surface area contributed by atoms with Gasteiger partial charge in [0, 0.05) is 24.7 Å². The van der Waals surface area contributed by atoms with Crippen LogP contribution in [0.15, 0.2) is 109 Å². The molecule has 4 aromatic rings. The molecule has 1 saturated heterocycles. The van der Waals surface area contributed by atoms with Gasteiger partial charge in [0.1, 0.15) is 18.2 Å². The van der Waals surface area contributed by atoms with Crippen molar-refractivity contribution in [2.24, 2.45) is 0 Å². The number of benzene rings is 4. The summed E-state index contributed by atoms with van der Waals surface area (Å²) in [5.74, 6) is 1.23.